The summed E-state index contributed by atoms with van der Waals surface area (Å²) in [5.41, 5.74) is 11.4. The molecule has 4 nitrogen and oxygen atoms in total. The summed E-state index contributed by atoms with van der Waals surface area (Å²) in [6.07, 6.45) is 3.75. The summed E-state index contributed by atoms with van der Waals surface area (Å²) in [5, 5.41) is 0.488. The standard InChI is InChI=1S/C13H20BrClN2O2S2/c1-12(16,11-9(15)7-10(14)20-11)8-21(18,19)13(17)5-3-2-4-6-13/h7H,2-6,8,16-17H2,1H3/t12-/m0/s1. The van der Waals surface area contributed by atoms with Crippen LogP contribution in [0.15, 0.2) is 9.85 Å². The van der Waals surface area contributed by atoms with Crippen molar-refractivity contribution >= 4 is 48.7 Å². The van der Waals surface area contributed by atoms with E-state index in [0.29, 0.717) is 22.7 Å². The largest absolute Gasteiger partial charge is 0.320 e. The van der Waals surface area contributed by atoms with Crippen molar-refractivity contribution in [3.8, 4) is 0 Å². The summed E-state index contributed by atoms with van der Waals surface area (Å²) in [7, 11) is -3.51. The highest BCUT2D eigenvalue weighted by Gasteiger charge is 2.44. The third-order valence-electron chi connectivity index (χ3n) is 3.98. The molecule has 1 heterocycles. The van der Waals surface area contributed by atoms with Crippen LogP contribution < -0.4 is 11.5 Å². The summed E-state index contributed by atoms with van der Waals surface area (Å²) in [4.78, 5) is -0.480. The van der Waals surface area contributed by atoms with Crippen LogP contribution in [-0.4, -0.2) is 19.0 Å². The van der Waals surface area contributed by atoms with Crippen LogP contribution in [0.4, 0.5) is 0 Å². The Hall–Kier alpha value is 0.340. The minimum atomic E-state index is -3.51. The third-order valence-corrected chi connectivity index (χ3v) is 8.94. The van der Waals surface area contributed by atoms with E-state index in [1.165, 1.54) is 11.3 Å². The lowest BCUT2D eigenvalue weighted by Gasteiger charge is -2.36. The minimum Gasteiger partial charge on any atom is -0.320 e. The summed E-state index contributed by atoms with van der Waals surface area (Å²) >= 11 is 10.9. The lowest BCUT2D eigenvalue weighted by Crippen LogP contribution is -2.54. The van der Waals surface area contributed by atoms with E-state index in [2.05, 4.69) is 15.9 Å². The fourth-order valence-corrected chi connectivity index (χ4v) is 7.20. The van der Waals surface area contributed by atoms with Crippen molar-refractivity contribution < 1.29 is 8.42 Å². The van der Waals surface area contributed by atoms with Crippen LogP contribution >= 0.6 is 38.9 Å². The first kappa shape index (κ1) is 17.7. The zero-order valence-corrected chi connectivity index (χ0v) is 15.8. The summed E-state index contributed by atoms with van der Waals surface area (Å²) in [6.45, 7) is 1.70. The van der Waals surface area contributed by atoms with Crippen molar-refractivity contribution in [1.29, 1.82) is 0 Å². The van der Waals surface area contributed by atoms with Gasteiger partial charge in [-0.05, 0) is 41.8 Å². The molecule has 0 bridgehead atoms. The van der Waals surface area contributed by atoms with Gasteiger partial charge in [-0.3, -0.25) is 0 Å². The zero-order valence-electron chi connectivity index (χ0n) is 11.9. The fourth-order valence-electron chi connectivity index (χ4n) is 2.80. The molecule has 1 saturated carbocycles. The highest BCUT2D eigenvalue weighted by molar-refractivity contribution is 9.11. The Morgan fingerprint density at radius 1 is 1.43 bits per heavy atom. The first-order valence-corrected chi connectivity index (χ1v) is 10.5. The Balaban J connectivity index is 2.28. The molecule has 1 fully saturated rings. The van der Waals surface area contributed by atoms with Gasteiger partial charge in [0.15, 0.2) is 9.84 Å². The maximum atomic E-state index is 12.8. The molecule has 0 saturated heterocycles. The van der Waals surface area contributed by atoms with Crippen molar-refractivity contribution in [3.63, 3.8) is 0 Å². The van der Waals surface area contributed by atoms with Gasteiger partial charge >= 0.3 is 0 Å². The summed E-state index contributed by atoms with van der Waals surface area (Å²) in [5.74, 6) is -0.191. The van der Waals surface area contributed by atoms with Gasteiger partial charge in [0, 0.05) is 4.88 Å². The molecule has 8 heteroatoms. The molecular weight excluding hydrogens is 396 g/mol. The molecule has 0 aliphatic heterocycles. The van der Waals surface area contributed by atoms with Crippen LogP contribution in [0, 0.1) is 0 Å². The van der Waals surface area contributed by atoms with Crippen LogP contribution in [0.2, 0.25) is 5.02 Å². The zero-order chi connectivity index (χ0) is 15.9. The topological polar surface area (TPSA) is 86.2 Å². The predicted molar refractivity (Wildman–Crippen MR) is 92.4 cm³/mol. The third kappa shape index (κ3) is 3.64. The molecule has 0 unspecified atom stereocenters. The van der Waals surface area contributed by atoms with Crippen LogP contribution in [0.25, 0.3) is 0 Å². The number of rotatable bonds is 4. The van der Waals surface area contributed by atoms with Gasteiger partial charge in [0.2, 0.25) is 0 Å². The van der Waals surface area contributed by atoms with Crippen LogP contribution in [0.5, 0.6) is 0 Å². The smallest absolute Gasteiger partial charge is 0.170 e. The molecule has 0 radical (unpaired) electrons. The molecule has 4 N–H and O–H groups in total. The van der Waals surface area contributed by atoms with E-state index in [4.69, 9.17) is 23.1 Å². The average molecular weight is 416 g/mol. The van der Waals surface area contributed by atoms with E-state index < -0.39 is 20.2 Å². The second kappa shape index (κ2) is 6.09. The lowest BCUT2D eigenvalue weighted by atomic mass is 9.95. The Morgan fingerprint density at radius 2 is 2.00 bits per heavy atom. The van der Waals surface area contributed by atoms with E-state index in [1.807, 2.05) is 0 Å². The molecule has 120 valence electrons. The van der Waals surface area contributed by atoms with Crippen molar-refractivity contribution in [2.75, 3.05) is 5.75 Å². The molecule has 1 aromatic heterocycles. The summed E-state index contributed by atoms with van der Waals surface area (Å²) < 4.78 is 26.3. The van der Waals surface area contributed by atoms with Gasteiger partial charge in [0.25, 0.3) is 0 Å². The number of halogens is 2. The molecule has 2 rings (SSSR count). The minimum absolute atomic E-state index is 0.191. The Bertz CT molecular complexity index is 622. The van der Waals surface area contributed by atoms with Gasteiger partial charge in [0.05, 0.1) is 20.1 Å². The van der Waals surface area contributed by atoms with E-state index >= 15 is 0 Å². The first-order valence-electron chi connectivity index (χ1n) is 6.83. The molecule has 0 spiro atoms. The molecule has 1 aliphatic carbocycles. The van der Waals surface area contributed by atoms with Gasteiger partial charge in [-0.25, -0.2) is 8.42 Å². The van der Waals surface area contributed by atoms with Crippen molar-refractivity contribution in [2.24, 2.45) is 11.5 Å². The number of thiophene rings is 1. The van der Waals surface area contributed by atoms with Crippen LogP contribution in [-0.2, 0) is 15.4 Å². The maximum Gasteiger partial charge on any atom is 0.170 e. The second-order valence-electron chi connectivity index (χ2n) is 6.03. The highest BCUT2D eigenvalue weighted by Crippen LogP contribution is 2.40. The van der Waals surface area contributed by atoms with Gasteiger partial charge in [-0.1, -0.05) is 30.9 Å². The number of sulfone groups is 1. The van der Waals surface area contributed by atoms with Gasteiger partial charge < -0.3 is 11.5 Å². The second-order valence-corrected chi connectivity index (χ2v) is 11.2. The molecule has 21 heavy (non-hydrogen) atoms. The predicted octanol–water partition coefficient (Wildman–Crippen LogP) is 3.37. The van der Waals surface area contributed by atoms with Crippen LogP contribution in [0.1, 0.15) is 43.9 Å². The molecule has 1 atom stereocenters. The molecule has 0 aromatic carbocycles. The molecule has 1 aromatic rings. The van der Waals surface area contributed by atoms with Crippen molar-refractivity contribution in [3.05, 3.63) is 19.8 Å². The van der Waals surface area contributed by atoms with Crippen molar-refractivity contribution in [2.45, 2.75) is 49.4 Å². The normalized spacial score (nSPS) is 22.0. The highest BCUT2D eigenvalue weighted by atomic mass is 79.9. The van der Waals surface area contributed by atoms with Crippen molar-refractivity contribution in [1.82, 2.24) is 0 Å². The van der Waals surface area contributed by atoms with Gasteiger partial charge in [0.1, 0.15) is 4.87 Å². The maximum absolute atomic E-state index is 12.8. The molecule has 0 amide bonds. The Kier molecular flexibility index (Phi) is 5.13. The number of nitrogens with two attached hydrogens (primary N) is 2. The SMILES string of the molecule is C[C@](N)(CS(=O)(=O)C1(N)CCCCC1)c1sc(Br)cc1Cl. The fraction of sp³-hybridized carbons (Fsp3) is 0.692. The van der Waals surface area contributed by atoms with Gasteiger partial charge in [-0.15, -0.1) is 11.3 Å². The van der Waals surface area contributed by atoms with E-state index in [-0.39, 0.29) is 5.75 Å². The van der Waals surface area contributed by atoms with E-state index in [9.17, 15) is 8.42 Å². The van der Waals surface area contributed by atoms with E-state index in [1.54, 1.807) is 13.0 Å². The Morgan fingerprint density at radius 3 is 2.48 bits per heavy atom. The first-order chi connectivity index (χ1) is 9.57. The lowest BCUT2D eigenvalue weighted by molar-refractivity contribution is 0.376. The number of hydrogen-bond donors (Lipinski definition) is 2. The summed E-state index contributed by atoms with van der Waals surface area (Å²) in [6, 6.07) is 1.73. The number of hydrogen-bond acceptors (Lipinski definition) is 5. The van der Waals surface area contributed by atoms with Gasteiger partial charge in [-0.2, -0.15) is 0 Å². The molecular formula is C13H20BrClN2O2S2. The Labute approximate surface area is 143 Å². The van der Waals surface area contributed by atoms with Crippen LogP contribution in [0.3, 0.4) is 0 Å². The average Bonchev–Trinajstić information content (AvgIpc) is 2.69. The quantitative estimate of drug-likeness (QED) is 0.789. The molecule has 1 aliphatic rings. The monoisotopic (exact) mass is 414 g/mol. The van der Waals surface area contributed by atoms with E-state index in [0.717, 1.165) is 23.0 Å².